The molecule has 0 bridgehead atoms. The van der Waals surface area contributed by atoms with Crippen molar-refractivity contribution in [3.8, 4) is 5.75 Å². The van der Waals surface area contributed by atoms with Crippen molar-refractivity contribution < 1.29 is 14.6 Å². The zero-order valence-corrected chi connectivity index (χ0v) is 11.1. The predicted molar refractivity (Wildman–Crippen MR) is 68.9 cm³/mol. The first-order valence-electron chi connectivity index (χ1n) is 4.90. The quantitative estimate of drug-likeness (QED) is 0.886. The summed E-state index contributed by atoms with van der Waals surface area (Å²) in [7, 11) is 1.46. The van der Waals surface area contributed by atoms with Crippen LogP contribution in [0, 0.1) is 0 Å². The van der Waals surface area contributed by atoms with Gasteiger partial charge in [0.1, 0.15) is 5.75 Å². The Bertz CT molecular complexity index is 385. The van der Waals surface area contributed by atoms with E-state index in [0.717, 1.165) is 0 Å². The number of carbonyl (C=O) groups is 1. The van der Waals surface area contributed by atoms with Crippen LogP contribution in [-0.2, 0) is 4.79 Å². The summed E-state index contributed by atoms with van der Waals surface area (Å²) in [6.45, 7) is 2.22. The first-order chi connectivity index (χ1) is 7.61. The minimum atomic E-state index is -1.32. The molecular weight excluding hydrogens is 265 g/mol. The van der Waals surface area contributed by atoms with Gasteiger partial charge in [0.2, 0.25) is 0 Å². The highest BCUT2D eigenvalue weighted by molar-refractivity contribution is 6.31. The molecule has 0 radical (unpaired) electrons. The van der Waals surface area contributed by atoms with Gasteiger partial charge < -0.3 is 15.2 Å². The molecular formula is C11H15Cl2NO3. The Morgan fingerprint density at radius 2 is 2.24 bits per heavy atom. The summed E-state index contributed by atoms with van der Waals surface area (Å²) in [4.78, 5) is 11.5. The monoisotopic (exact) mass is 279 g/mol. The summed E-state index contributed by atoms with van der Waals surface area (Å²) in [6, 6.07) is 4.93. The van der Waals surface area contributed by atoms with Crippen molar-refractivity contribution >= 4 is 29.9 Å². The van der Waals surface area contributed by atoms with Crippen LogP contribution in [-0.4, -0.2) is 24.7 Å². The molecule has 2 N–H and O–H groups in total. The van der Waals surface area contributed by atoms with E-state index in [-0.39, 0.29) is 18.0 Å². The van der Waals surface area contributed by atoms with E-state index in [1.807, 2.05) is 0 Å². The normalized spacial score (nSPS) is 11.3. The van der Waals surface area contributed by atoms with Crippen LogP contribution in [0.4, 0.5) is 0 Å². The number of hydrogen-bond donors (Lipinski definition) is 2. The molecule has 1 rings (SSSR count). The van der Waals surface area contributed by atoms with Crippen LogP contribution in [0.1, 0.15) is 18.6 Å². The molecule has 0 aliphatic carbocycles. The smallest absolute Gasteiger partial charge is 0.253 e. The Labute approximate surface area is 111 Å². The maximum Gasteiger partial charge on any atom is 0.253 e. The number of aliphatic hydroxyl groups excluding tert-OH is 1. The first-order valence-corrected chi connectivity index (χ1v) is 5.27. The molecule has 96 valence electrons. The zero-order valence-electron chi connectivity index (χ0n) is 9.57. The summed E-state index contributed by atoms with van der Waals surface area (Å²) in [5, 5.41) is 12.7. The van der Waals surface area contributed by atoms with Crippen LogP contribution in [0.3, 0.4) is 0 Å². The number of rotatable bonds is 4. The maximum atomic E-state index is 11.5. The van der Waals surface area contributed by atoms with Crippen molar-refractivity contribution in [3.05, 3.63) is 28.8 Å². The molecule has 6 heteroatoms. The molecule has 1 unspecified atom stereocenters. The van der Waals surface area contributed by atoms with Gasteiger partial charge in [0.05, 0.1) is 17.7 Å². The lowest BCUT2D eigenvalue weighted by atomic mass is 10.1. The third kappa shape index (κ3) is 3.77. The number of hydrogen-bond acceptors (Lipinski definition) is 3. The lowest BCUT2D eigenvalue weighted by molar-refractivity contribution is -0.129. The number of ether oxygens (including phenoxy) is 1. The average molecular weight is 280 g/mol. The van der Waals surface area contributed by atoms with E-state index >= 15 is 0 Å². The standard InChI is InChI=1S/C11H14ClNO3.ClH/c1-3-13-11(15)10(14)9-7(12)5-4-6-8(9)16-2;/h4-6,10,14H,3H2,1-2H3,(H,13,15);1H. The largest absolute Gasteiger partial charge is 0.496 e. The molecule has 0 aromatic heterocycles. The number of carbonyl (C=O) groups excluding carboxylic acids is 1. The van der Waals surface area contributed by atoms with E-state index in [2.05, 4.69) is 5.32 Å². The van der Waals surface area contributed by atoms with E-state index < -0.39 is 12.0 Å². The second kappa shape index (κ2) is 7.37. The van der Waals surface area contributed by atoms with Crippen molar-refractivity contribution in [1.82, 2.24) is 5.32 Å². The Balaban J connectivity index is 0.00000256. The third-order valence-electron chi connectivity index (χ3n) is 2.11. The Hall–Kier alpha value is -0.970. The molecule has 4 nitrogen and oxygen atoms in total. The van der Waals surface area contributed by atoms with E-state index in [0.29, 0.717) is 17.3 Å². The lowest BCUT2D eigenvalue weighted by Gasteiger charge is -2.15. The van der Waals surface area contributed by atoms with Crippen LogP contribution in [0.2, 0.25) is 5.02 Å². The highest BCUT2D eigenvalue weighted by Crippen LogP contribution is 2.32. The van der Waals surface area contributed by atoms with Gasteiger partial charge in [0, 0.05) is 6.54 Å². The van der Waals surface area contributed by atoms with Gasteiger partial charge in [-0.25, -0.2) is 0 Å². The molecule has 1 atom stereocenters. The lowest BCUT2D eigenvalue weighted by Crippen LogP contribution is -2.29. The minimum Gasteiger partial charge on any atom is -0.496 e. The highest BCUT2D eigenvalue weighted by Gasteiger charge is 2.23. The highest BCUT2D eigenvalue weighted by atomic mass is 35.5. The molecule has 1 aromatic carbocycles. The molecule has 0 saturated heterocycles. The van der Waals surface area contributed by atoms with E-state index in [9.17, 15) is 9.90 Å². The summed E-state index contributed by atoms with van der Waals surface area (Å²) >= 11 is 5.93. The third-order valence-corrected chi connectivity index (χ3v) is 2.44. The Morgan fingerprint density at radius 1 is 1.59 bits per heavy atom. The van der Waals surface area contributed by atoms with Crippen molar-refractivity contribution in [2.45, 2.75) is 13.0 Å². The van der Waals surface area contributed by atoms with E-state index in [1.54, 1.807) is 25.1 Å². The molecule has 1 amide bonds. The van der Waals surface area contributed by atoms with Gasteiger partial charge >= 0.3 is 0 Å². The summed E-state index contributed by atoms with van der Waals surface area (Å²) in [5.74, 6) is -0.0971. The number of aliphatic hydroxyl groups is 1. The van der Waals surface area contributed by atoms with Gasteiger partial charge in [-0.05, 0) is 19.1 Å². The topological polar surface area (TPSA) is 58.6 Å². The van der Waals surface area contributed by atoms with Crippen LogP contribution in [0.5, 0.6) is 5.75 Å². The van der Waals surface area contributed by atoms with Gasteiger partial charge in [-0.1, -0.05) is 17.7 Å². The number of methoxy groups -OCH3 is 1. The first kappa shape index (κ1) is 16.0. The molecule has 0 spiro atoms. The number of halogens is 2. The predicted octanol–water partition coefficient (Wildman–Crippen LogP) is 1.94. The van der Waals surface area contributed by atoms with Crippen LogP contribution in [0.15, 0.2) is 18.2 Å². The average Bonchev–Trinajstić information content (AvgIpc) is 2.28. The molecule has 1 aromatic rings. The summed E-state index contributed by atoms with van der Waals surface area (Å²) in [6.07, 6.45) is -1.32. The fraction of sp³-hybridized carbons (Fsp3) is 0.364. The van der Waals surface area contributed by atoms with Crippen molar-refractivity contribution in [2.75, 3.05) is 13.7 Å². The van der Waals surface area contributed by atoms with Gasteiger partial charge in [-0.15, -0.1) is 12.4 Å². The number of benzene rings is 1. The fourth-order valence-electron chi connectivity index (χ4n) is 1.36. The molecule has 0 fully saturated rings. The van der Waals surface area contributed by atoms with Gasteiger partial charge in [0.25, 0.3) is 5.91 Å². The Kier molecular flexibility index (Phi) is 6.95. The summed E-state index contributed by atoms with van der Waals surface area (Å²) < 4.78 is 5.05. The molecule has 0 aliphatic heterocycles. The van der Waals surface area contributed by atoms with Crippen LogP contribution >= 0.6 is 24.0 Å². The Morgan fingerprint density at radius 3 is 2.76 bits per heavy atom. The van der Waals surface area contributed by atoms with Gasteiger partial charge in [-0.3, -0.25) is 4.79 Å². The van der Waals surface area contributed by atoms with Gasteiger partial charge in [0.15, 0.2) is 6.10 Å². The molecule has 17 heavy (non-hydrogen) atoms. The molecule has 0 aliphatic rings. The maximum absolute atomic E-state index is 11.5. The summed E-state index contributed by atoms with van der Waals surface area (Å²) in [5.41, 5.74) is 0.289. The second-order valence-electron chi connectivity index (χ2n) is 3.15. The van der Waals surface area contributed by atoms with Crippen molar-refractivity contribution in [2.24, 2.45) is 0 Å². The van der Waals surface area contributed by atoms with E-state index in [4.69, 9.17) is 16.3 Å². The minimum absolute atomic E-state index is 0. The number of amides is 1. The van der Waals surface area contributed by atoms with Crippen LogP contribution in [0.25, 0.3) is 0 Å². The number of likely N-dealkylation sites (N-methyl/N-ethyl adjacent to an activating group) is 1. The second-order valence-corrected chi connectivity index (χ2v) is 3.56. The van der Waals surface area contributed by atoms with Crippen molar-refractivity contribution in [1.29, 1.82) is 0 Å². The molecule has 0 saturated carbocycles. The fourth-order valence-corrected chi connectivity index (χ4v) is 1.63. The zero-order chi connectivity index (χ0) is 12.1. The van der Waals surface area contributed by atoms with Crippen LogP contribution < -0.4 is 10.1 Å². The molecule has 0 heterocycles. The SMILES string of the molecule is CCNC(=O)C(O)c1c(Cl)cccc1OC.Cl. The van der Waals surface area contributed by atoms with Crippen molar-refractivity contribution in [3.63, 3.8) is 0 Å². The van der Waals surface area contributed by atoms with E-state index in [1.165, 1.54) is 7.11 Å². The number of nitrogens with one attached hydrogen (secondary N) is 1. The van der Waals surface area contributed by atoms with Gasteiger partial charge in [-0.2, -0.15) is 0 Å².